The summed E-state index contributed by atoms with van der Waals surface area (Å²) in [5.41, 5.74) is 1.45. The molecule has 0 bridgehead atoms. The second-order valence-electron chi connectivity index (χ2n) is 3.64. The van der Waals surface area contributed by atoms with Crippen molar-refractivity contribution in [2.75, 3.05) is 11.8 Å². The first-order chi connectivity index (χ1) is 8.81. The Morgan fingerprint density at radius 3 is 2.39 bits per heavy atom. The molecule has 3 nitrogen and oxygen atoms in total. The van der Waals surface area contributed by atoms with E-state index in [4.69, 9.17) is 0 Å². The van der Waals surface area contributed by atoms with Gasteiger partial charge in [0.25, 0.3) is 5.91 Å². The highest BCUT2D eigenvalue weighted by atomic mass is 32.2. The third-order valence-corrected chi connectivity index (χ3v) is 3.25. The number of hydrogen-bond donors (Lipinski definition) is 2. The molecule has 2 N–H and O–H groups in total. The molecule has 0 saturated heterocycles. The lowest BCUT2D eigenvalue weighted by Gasteiger charge is -2.09. The van der Waals surface area contributed by atoms with Gasteiger partial charge < -0.3 is 10.0 Å². The van der Waals surface area contributed by atoms with Crippen LogP contribution in [0.3, 0.4) is 0 Å². The van der Waals surface area contributed by atoms with Crippen LogP contribution in [-0.2, 0) is 0 Å². The van der Waals surface area contributed by atoms with Crippen LogP contribution in [0.5, 0.6) is 0 Å². The second-order valence-corrected chi connectivity index (χ2v) is 4.52. The van der Waals surface area contributed by atoms with Crippen molar-refractivity contribution < 1.29 is 4.79 Å². The van der Waals surface area contributed by atoms with Gasteiger partial charge in [0.15, 0.2) is 0 Å². The van der Waals surface area contributed by atoms with Crippen LogP contribution in [-0.4, -0.2) is 13.0 Å². The Morgan fingerprint density at radius 1 is 1.00 bits per heavy atom. The van der Waals surface area contributed by atoms with Crippen LogP contribution < -0.4 is 10.0 Å². The molecule has 18 heavy (non-hydrogen) atoms. The van der Waals surface area contributed by atoms with E-state index in [0.29, 0.717) is 5.56 Å². The number of benzene rings is 2. The van der Waals surface area contributed by atoms with Crippen molar-refractivity contribution in [3.63, 3.8) is 0 Å². The minimum atomic E-state index is -0.0910. The van der Waals surface area contributed by atoms with E-state index in [1.807, 2.05) is 48.5 Å². The molecule has 0 aliphatic heterocycles. The number of hydrogen-bond acceptors (Lipinski definition) is 3. The van der Waals surface area contributed by atoms with Gasteiger partial charge >= 0.3 is 0 Å². The molecule has 0 aliphatic carbocycles. The second kappa shape index (κ2) is 6.12. The van der Waals surface area contributed by atoms with Crippen molar-refractivity contribution in [2.45, 2.75) is 4.90 Å². The largest absolute Gasteiger partial charge is 0.355 e. The molecule has 2 aromatic carbocycles. The fourth-order valence-electron chi connectivity index (χ4n) is 1.51. The van der Waals surface area contributed by atoms with Crippen molar-refractivity contribution in [1.82, 2.24) is 5.32 Å². The maximum absolute atomic E-state index is 11.7. The number of carbonyl (C=O) groups is 1. The summed E-state index contributed by atoms with van der Waals surface area (Å²) < 4.78 is 3.20. The minimum absolute atomic E-state index is 0.0910. The molecule has 0 aliphatic rings. The topological polar surface area (TPSA) is 41.1 Å². The predicted molar refractivity (Wildman–Crippen MR) is 75.8 cm³/mol. The molecular weight excluding hydrogens is 244 g/mol. The van der Waals surface area contributed by atoms with E-state index in [1.54, 1.807) is 13.1 Å². The molecule has 1 amide bonds. The van der Waals surface area contributed by atoms with Gasteiger partial charge in [-0.05, 0) is 36.2 Å². The Kier molecular flexibility index (Phi) is 4.25. The van der Waals surface area contributed by atoms with E-state index >= 15 is 0 Å². The van der Waals surface area contributed by atoms with E-state index in [9.17, 15) is 4.79 Å². The van der Waals surface area contributed by atoms with E-state index in [-0.39, 0.29) is 5.91 Å². The van der Waals surface area contributed by atoms with Gasteiger partial charge in [0.2, 0.25) is 0 Å². The van der Waals surface area contributed by atoms with Crippen LogP contribution in [0.15, 0.2) is 59.5 Å². The van der Waals surface area contributed by atoms with Crippen molar-refractivity contribution in [1.29, 1.82) is 0 Å². The molecule has 0 atom stereocenters. The van der Waals surface area contributed by atoms with Gasteiger partial charge in [-0.1, -0.05) is 30.3 Å². The SMILES string of the molecule is CNC(=O)c1ccccc1NSc1ccccc1. The summed E-state index contributed by atoms with van der Waals surface area (Å²) in [6.45, 7) is 0. The highest BCUT2D eigenvalue weighted by molar-refractivity contribution is 8.00. The Hall–Kier alpha value is -1.94. The van der Waals surface area contributed by atoms with E-state index in [0.717, 1.165) is 10.6 Å². The summed E-state index contributed by atoms with van der Waals surface area (Å²) in [7, 11) is 1.63. The summed E-state index contributed by atoms with van der Waals surface area (Å²) in [4.78, 5) is 12.8. The molecule has 0 heterocycles. The summed E-state index contributed by atoms with van der Waals surface area (Å²) in [5, 5.41) is 2.63. The Bertz CT molecular complexity index is 528. The maximum Gasteiger partial charge on any atom is 0.253 e. The smallest absolute Gasteiger partial charge is 0.253 e. The van der Waals surface area contributed by atoms with Crippen LogP contribution in [0, 0.1) is 0 Å². The molecular formula is C14H14N2OS. The van der Waals surface area contributed by atoms with Crippen molar-refractivity contribution in [3.05, 3.63) is 60.2 Å². The first-order valence-corrected chi connectivity index (χ1v) is 6.42. The quantitative estimate of drug-likeness (QED) is 0.828. The number of anilines is 1. The fraction of sp³-hybridized carbons (Fsp3) is 0.0714. The number of nitrogens with one attached hydrogen (secondary N) is 2. The molecule has 0 spiro atoms. The van der Waals surface area contributed by atoms with Gasteiger partial charge in [0, 0.05) is 11.9 Å². The normalized spacial score (nSPS) is 9.83. The molecule has 0 fully saturated rings. The third kappa shape index (κ3) is 3.05. The van der Waals surface area contributed by atoms with E-state index in [2.05, 4.69) is 10.0 Å². The van der Waals surface area contributed by atoms with Crippen LogP contribution in [0.25, 0.3) is 0 Å². The Morgan fingerprint density at radius 2 is 1.67 bits per heavy atom. The van der Waals surface area contributed by atoms with Crippen LogP contribution >= 0.6 is 11.9 Å². The number of amides is 1. The van der Waals surface area contributed by atoms with Crippen molar-refractivity contribution >= 4 is 23.5 Å². The zero-order chi connectivity index (χ0) is 12.8. The van der Waals surface area contributed by atoms with Crippen molar-refractivity contribution in [2.24, 2.45) is 0 Å². The van der Waals surface area contributed by atoms with Gasteiger partial charge in [-0.25, -0.2) is 0 Å². The molecule has 2 aromatic rings. The predicted octanol–water partition coefficient (Wildman–Crippen LogP) is 3.17. The summed E-state index contributed by atoms with van der Waals surface area (Å²) in [6.07, 6.45) is 0. The lowest BCUT2D eigenvalue weighted by Crippen LogP contribution is -2.18. The Balaban J connectivity index is 2.12. The Labute approximate surface area is 111 Å². The van der Waals surface area contributed by atoms with Crippen LogP contribution in [0.1, 0.15) is 10.4 Å². The molecule has 2 rings (SSSR count). The fourth-order valence-corrected chi connectivity index (χ4v) is 2.21. The van der Waals surface area contributed by atoms with Crippen LogP contribution in [0.2, 0.25) is 0 Å². The maximum atomic E-state index is 11.7. The molecule has 4 heteroatoms. The molecule has 0 aromatic heterocycles. The number of carbonyl (C=O) groups excluding carboxylic acids is 1. The van der Waals surface area contributed by atoms with E-state index < -0.39 is 0 Å². The lowest BCUT2D eigenvalue weighted by molar-refractivity contribution is 0.0964. The van der Waals surface area contributed by atoms with Gasteiger partial charge in [-0.15, -0.1) is 0 Å². The number of para-hydroxylation sites is 1. The number of rotatable bonds is 4. The van der Waals surface area contributed by atoms with Gasteiger partial charge in [0.05, 0.1) is 11.3 Å². The molecule has 92 valence electrons. The first-order valence-electron chi connectivity index (χ1n) is 5.60. The van der Waals surface area contributed by atoms with Gasteiger partial charge in [0.1, 0.15) is 0 Å². The summed E-state index contributed by atoms with van der Waals surface area (Å²) in [6, 6.07) is 17.4. The highest BCUT2D eigenvalue weighted by Crippen LogP contribution is 2.23. The minimum Gasteiger partial charge on any atom is -0.355 e. The van der Waals surface area contributed by atoms with Crippen LogP contribution in [0.4, 0.5) is 5.69 Å². The highest BCUT2D eigenvalue weighted by Gasteiger charge is 2.08. The first kappa shape index (κ1) is 12.5. The molecule has 0 radical (unpaired) electrons. The monoisotopic (exact) mass is 258 g/mol. The summed E-state index contributed by atoms with van der Waals surface area (Å²) >= 11 is 1.49. The average molecular weight is 258 g/mol. The van der Waals surface area contributed by atoms with Gasteiger partial charge in [-0.2, -0.15) is 0 Å². The summed E-state index contributed by atoms with van der Waals surface area (Å²) in [5.74, 6) is -0.0910. The van der Waals surface area contributed by atoms with Crippen molar-refractivity contribution in [3.8, 4) is 0 Å². The molecule has 0 saturated carbocycles. The van der Waals surface area contributed by atoms with Gasteiger partial charge in [-0.3, -0.25) is 4.79 Å². The standard InChI is InChI=1S/C14H14N2OS/c1-15-14(17)12-9-5-6-10-13(12)16-18-11-7-3-2-4-8-11/h2-10,16H,1H3,(H,15,17). The third-order valence-electron chi connectivity index (χ3n) is 2.42. The lowest BCUT2D eigenvalue weighted by atomic mass is 10.2. The zero-order valence-corrected chi connectivity index (χ0v) is 10.8. The van der Waals surface area contributed by atoms with E-state index in [1.165, 1.54) is 11.9 Å². The molecule has 0 unspecified atom stereocenters. The average Bonchev–Trinajstić information content (AvgIpc) is 2.45. The zero-order valence-electron chi connectivity index (χ0n) is 10.0.